The second kappa shape index (κ2) is 10.0. The predicted octanol–water partition coefficient (Wildman–Crippen LogP) is 5.19. The maximum atomic E-state index is 13.7. The third-order valence-electron chi connectivity index (χ3n) is 8.02. The lowest BCUT2D eigenvalue weighted by Gasteiger charge is -2.35. The number of nitrogens with one attached hydrogen (secondary N) is 1. The molecule has 4 heteroatoms. The number of ether oxygens (including phenoxy) is 1. The molecule has 1 aliphatic carbocycles. The molecular formula is C27H42N2O2. The average Bonchev–Trinajstić information content (AvgIpc) is 3.52. The Morgan fingerprint density at radius 3 is 2.48 bits per heavy atom. The number of carbonyl (C=O) groups is 1. The van der Waals surface area contributed by atoms with Crippen LogP contribution in [-0.4, -0.2) is 42.1 Å². The number of hydrogen-bond donors (Lipinski definition) is 1. The normalized spacial score (nSPS) is 32.3. The van der Waals surface area contributed by atoms with Crippen LogP contribution >= 0.6 is 0 Å². The minimum atomic E-state index is 0.00969. The van der Waals surface area contributed by atoms with Crippen molar-refractivity contribution in [3.63, 3.8) is 0 Å². The standard InChI is InChI=1S/C27H42N2O2/c1-18(2)24-16-21(17-28-24)31-26(20-10-6-5-7-11-20)22-12-8-13-23(22)27(30)29-15-9-14-25(29)19(3)4/h5-7,10-11,18-19,21-26,28H,8-9,12-17H2,1-4H3/t21-,22?,23?,24+,25?,26?/m1/s1. The van der Waals surface area contributed by atoms with Crippen LogP contribution in [0.25, 0.3) is 0 Å². The largest absolute Gasteiger partial charge is 0.369 e. The number of likely N-dealkylation sites (tertiary alicyclic amines) is 1. The summed E-state index contributed by atoms with van der Waals surface area (Å²) in [6.45, 7) is 10.9. The van der Waals surface area contributed by atoms with Crippen LogP contribution in [0.2, 0.25) is 0 Å². The van der Waals surface area contributed by atoms with Gasteiger partial charge in [-0.25, -0.2) is 0 Å². The molecule has 0 bridgehead atoms. The number of rotatable bonds is 7. The van der Waals surface area contributed by atoms with Crippen LogP contribution in [0.5, 0.6) is 0 Å². The molecule has 2 saturated heterocycles. The maximum Gasteiger partial charge on any atom is 0.226 e. The van der Waals surface area contributed by atoms with Gasteiger partial charge in [0, 0.05) is 37.0 Å². The molecule has 6 atom stereocenters. The highest BCUT2D eigenvalue weighted by atomic mass is 16.5. The van der Waals surface area contributed by atoms with Crippen LogP contribution in [-0.2, 0) is 9.53 Å². The third-order valence-corrected chi connectivity index (χ3v) is 8.02. The first-order valence-electron chi connectivity index (χ1n) is 12.7. The van der Waals surface area contributed by atoms with Crippen molar-refractivity contribution in [3.8, 4) is 0 Å². The fraction of sp³-hybridized carbons (Fsp3) is 0.741. The van der Waals surface area contributed by atoms with Crippen molar-refractivity contribution in [1.29, 1.82) is 0 Å². The quantitative estimate of drug-likeness (QED) is 0.652. The van der Waals surface area contributed by atoms with Crippen LogP contribution in [0.15, 0.2) is 30.3 Å². The molecule has 2 aliphatic heterocycles. The molecule has 31 heavy (non-hydrogen) atoms. The molecular weight excluding hydrogens is 384 g/mol. The first-order valence-corrected chi connectivity index (χ1v) is 12.7. The van der Waals surface area contributed by atoms with E-state index in [1.807, 2.05) is 0 Å². The first-order chi connectivity index (χ1) is 15.0. The summed E-state index contributed by atoms with van der Waals surface area (Å²) in [4.78, 5) is 16.0. The molecule has 1 saturated carbocycles. The maximum absolute atomic E-state index is 13.7. The van der Waals surface area contributed by atoms with Gasteiger partial charge in [-0.15, -0.1) is 0 Å². The molecule has 172 valence electrons. The first kappa shape index (κ1) is 22.8. The Labute approximate surface area is 189 Å². The number of hydrogen-bond acceptors (Lipinski definition) is 3. The van der Waals surface area contributed by atoms with Gasteiger partial charge in [-0.05, 0) is 49.5 Å². The van der Waals surface area contributed by atoms with Crippen molar-refractivity contribution in [2.24, 2.45) is 23.7 Å². The molecule has 4 rings (SSSR count). The summed E-state index contributed by atoms with van der Waals surface area (Å²) < 4.78 is 6.85. The Kier molecular flexibility index (Phi) is 7.38. The minimum absolute atomic E-state index is 0.00969. The van der Waals surface area contributed by atoms with Gasteiger partial charge in [0.05, 0.1) is 12.2 Å². The molecule has 1 N–H and O–H groups in total. The molecule has 3 aliphatic rings. The minimum Gasteiger partial charge on any atom is -0.369 e. The highest BCUT2D eigenvalue weighted by Crippen LogP contribution is 2.45. The van der Waals surface area contributed by atoms with E-state index in [-0.39, 0.29) is 24.0 Å². The summed E-state index contributed by atoms with van der Waals surface area (Å²) in [5.74, 6) is 1.92. The van der Waals surface area contributed by atoms with Gasteiger partial charge in [-0.1, -0.05) is 64.4 Å². The Balaban J connectivity index is 1.53. The van der Waals surface area contributed by atoms with E-state index < -0.39 is 0 Å². The summed E-state index contributed by atoms with van der Waals surface area (Å²) >= 11 is 0. The molecule has 0 aromatic heterocycles. The Bertz CT molecular complexity index is 719. The SMILES string of the molecule is CC(C)C1CCCN1C(=O)C1CCCC1C(O[C@H]1CN[C@H](C(C)C)C1)c1ccccc1. The van der Waals surface area contributed by atoms with Crippen LogP contribution in [0.1, 0.15) is 77.9 Å². The monoisotopic (exact) mass is 426 g/mol. The lowest BCUT2D eigenvalue weighted by atomic mass is 9.85. The van der Waals surface area contributed by atoms with Crippen molar-refractivity contribution >= 4 is 5.91 Å². The molecule has 4 nitrogen and oxygen atoms in total. The Morgan fingerprint density at radius 2 is 1.81 bits per heavy atom. The van der Waals surface area contributed by atoms with E-state index in [2.05, 4.69) is 68.2 Å². The number of nitrogens with zero attached hydrogens (tertiary/aromatic N) is 1. The second-order valence-electron chi connectivity index (χ2n) is 10.8. The smallest absolute Gasteiger partial charge is 0.226 e. The van der Waals surface area contributed by atoms with Gasteiger partial charge in [0.15, 0.2) is 0 Å². The Morgan fingerprint density at radius 1 is 1.03 bits per heavy atom. The summed E-state index contributed by atoms with van der Waals surface area (Å²) in [5.41, 5.74) is 1.24. The van der Waals surface area contributed by atoms with Gasteiger partial charge in [0.2, 0.25) is 5.91 Å². The van der Waals surface area contributed by atoms with Gasteiger partial charge in [-0.3, -0.25) is 4.79 Å². The fourth-order valence-corrected chi connectivity index (χ4v) is 6.25. The molecule has 1 amide bonds. The summed E-state index contributed by atoms with van der Waals surface area (Å²) in [6, 6.07) is 11.6. The zero-order valence-corrected chi connectivity index (χ0v) is 19.9. The second-order valence-corrected chi connectivity index (χ2v) is 10.8. The van der Waals surface area contributed by atoms with E-state index in [4.69, 9.17) is 4.74 Å². The van der Waals surface area contributed by atoms with Crippen LogP contribution < -0.4 is 5.32 Å². The van der Waals surface area contributed by atoms with Crippen molar-refractivity contribution in [2.75, 3.05) is 13.1 Å². The molecule has 1 aromatic carbocycles. The van der Waals surface area contributed by atoms with E-state index in [1.165, 1.54) is 5.56 Å². The van der Waals surface area contributed by atoms with Crippen LogP contribution in [0.4, 0.5) is 0 Å². The van der Waals surface area contributed by atoms with Crippen molar-refractivity contribution in [3.05, 3.63) is 35.9 Å². The Hall–Kier alpha value is -1.39. The van der Waals surface area contributed by atoms with Crippen LogP contribution in [0.3, 0.4) is 0 Å². The van der Waals surface area contributed by atoms with Gasteiger partial charge in [0.25, 0.3) is 0 Å². The van der Waals surface area contributed by atoms with Gasteiger partial charge in [-0.2, -0.15) is 0 Å². The third kappa shape index (κ3) is 5.01. The van der Waals surface area contributed by atoms with Crippen LogP contribution in [0, 0.1) is 23.7 Å². The highest BCUT2D eigenvalue weighted by Gasteiger charge is 2.44. The van der Waals surface area contributed by atoms with E-state index in [1.54, 1.807) is 0 Å². The van der Waals surface area contributed by atoms with E-state index >= 15 is 0 Å². The fourth-order valence-electron chi connectivity index (χ4n) is 6.25. The molecule has 3 fully saturated rings. The van der Waals surface area contributed by atoms with E-state index in [9.17, 15) is 4.79 Å². The lowest BCUT2D eigenvalue weighted by Crippen LogP contribution is -2.44. The highest BCUT2D eigenvalue weighted by molar-refractivity contribution is 5.80. The molecule has 4 unspecified atom stereocenters. The van der Waals surface area contributed by atoms with E-state index in [0.29, 0.717) is 29.8 Å². The predicted molar refractivity (Wildman–Crippen MR) is 126 cm³/mol. The molecule has 2 heterocycles. The van der Waals surface area contributed by atoms with E-state index in [0.717, 1.165) is 51.6 Å². The van der Waals surface area contributed by atoms with Crippen molar-refractivity contribution in [1.82, 2.24) is 10.2 Å². The van der Waals surface area contributed by atoms with Crippen molar-refractivity contribution < 1.29 is 9.53 Å². The topological polar surface area (TPSA) is 41.6 Å². The molecule has 1 aromatic rings. The van der Waals surface area contributed by atoms with Gasteiger partial charge in [0.1, 0.15) is 0 Å². The summed E-state index contributed by atoms with van der Waals surface area (Å²) in [7, 11) is 0. The number of benzene rings is 1. The van der Waals surface area contributed by atoms with Gasteiger partial charge < -0.3 is 15.0 Å². The zero-order chi connectivity index (χ0) is 22.0. The van der Waals surface area contributed by atoms with Crippen molar-refractivity contribution in [2.45, 2.75) is 90.5 Å². The molecule has 0 spiro atoms. The summed E-state index contributed by atoms with van der Waals surface area (Å²) in [5, 5.41) is 3.65. The molecule has 0 radical (unpaired) electrons. The number of amides is 1. The van der Waals surface area contributed by atoms with Gasteiger partial charge >= 0.3 is 0 Å². The average molecular weight is 427 g/mol. The zero-order valence-electron chi connectivity index (χ0n) is 19.9. The summed E-state index contributed by atoms with van der Waals surface area (Å²) in [6.07, 6.45) is 6.83. The number of carbonyl (C=O) groups excluding carboxylic acids is 1. The lowest BCUT2D eigenvalue weighted by molar-refractivity contribution is -0.141.